The van der Waals surface area contributed by atoms with Crippen LogP contribution in [0.5, 0.6) is 11.5 Å². The van der Waals surface area contributed by atoms with E-state index < -0.39 is 40.2 Å². The molecule has 1 aliphatic heterocycles. The van der Waals surface area contributed by atoms with Crippen LogP contribution in [0.4, 0.5) is 0 Å². The van der Waals surface area contributed by atoms with Gasteiger partial charge in [0.2, 0.25) is 17.2 Å². The molecular weight excluding hydrogens is 356 g/mol. The summed E-state index contributed by atoms with van der Waals surface area (Å²) in [6.45, 7) is 1.58. The van der Waals surface area contributed by atoms with Crippen LogP contribution < -0.4 is 4.74 Å². The van der Waals surface area contributed by atoms with Gasteiger partial charge in [0.1, 0.15) is 11.5 Å². The number of benzene rings is 2. The highest BCUT2D eigenvalue weighted by molar-refractivity contribution is 6.24. The Hall–Kier alpha value is -3.23. The van der Waals surface area contributed by atoms with Crippen molar-refractivity contribution in [2.24, 2.45) is 0 Å². The van der Waals surface area contributed by atoms with Gasteiger partial charge in [0.15, 0.2) is 0 Å². The number of carbonyl (C=O) groups excluding carboxylic acids is 3. The minimum Gasteiger partial charge on any atom is -0.508 e. The van der Waals surface area contributed by atoms with Crippen molar-refractivity contribution in [2.75, 3.05) is 7.11 Å². The molecule has 1 heterocycles. The summed E-state index contributed by atoms with van der Waals surface area (Å²) in [6, 6.07) is 6.58. The van der Waals surface area contributed by atoms with Gasteiger partial charge in [-0.25, -0.2) is 4.79 Å². The molecule has 0 aromatic heterocycles. The normalized spacial score (nSPS) is 26.0. The van der Waals surface area contributed by atoms with Crippen molar-refractivity contribution < 1.29 is 39.2 Å². The first kappa shape index (κ1) is 17.2. The number of ketones is 2. The molecular formula is C19H14O8. The summed E-state index contributed by atoms with van der Waals surface area (Å²) in [5, 5.41) is 32.5. The Labute approximate surface area is 152 Å². The van der Waals surface area contributed by atoms with E-state index in [0.29, 0.717) is 5.56 Å². The van der Waals surface area contributed by atoms with Crippen molar-refractivity contribution >= 4 is 17.5 Å². The van der Waals surface area contributed by atoms with E-state index in [1.165, 1.54) is 37.4 Å². The van der Waals surface area contributed by atoms with Crippen LogP contribution in [-0.2, 0) is 10.3 Å². The first-order valence-electron chi connectivity index (χ1n) is 7.95. The smallest absolute Gasteiger partial charge is 0.341 e. The first-order chi connectivity index (χ1) is 12.7. The second-order valence-electron chi connectivity index (χ2n) is 6.49. The molecule has 0 unspecified atom stereocenters. The number of aromatic hydroxyl groups is 1. The molecule has 2 atom stereocenters. The van der Waals surface area contributed by atoms with Crippen LogP contribution >= 0.6 is 0 Å². The lowest BCUT2D eigenvalue weighted by atomic mass is 9.67. The maximum atomic E-state index is 13.2. The molecule has 2 aliphatic rings. The van der Waals surface area contributed by atoms with Crippen LogP contribution in [-0.4, -0.2) is 45.8 Å². The standard InChI is InChI=1S/C19H14O8/c1-8-6-10-14(11(20)7-8)18(24)15(21)9-4-3-5-12(26-2)13(9)16(22)19(18,25)27-17(10)23/h3-7,20,24-25H,1-2H3/t18-,19+/m1/s1. The molecule has 0 fully saturated rings. The van der Waals surface area contributed by atoms with E-state index in [9.17, 15) is 29.7 Å². The highest BCUT2D eigenvalue weighted by atomic mass is 16.7. The second-order valence-corrected chi connectivity index (χ2v) is 6.49. The number of carbonyl (C=O) groups is 3. The Bertz CT molecular complexity index is 1060. The topological polar surface area (TPSA) is 130 Å². The maximum Gasteiger partial charge on any atom is 0.341 e. The molecule has 0 spiro atoms. The number of aryl methyl sites for hydroxylation is 1. The Morgan fingerprint density at radius 1 is 1.04 bits per heavy atom. The van der Waals surface area contributed by atoms with Gasteiger partial charge in [-0.2, -0.15) is 0 Å². The fraction of sp³-hybridized carbons (Fsp3) is 0.211. The fourth-order valence-corrected chi connectivity index (χ4v) is 3.71. The highest BCUT2D eigenvalue weighted by Crippen LogP contribution is 2.52. The van der Waals surface area contributed by atoms with Gasteiger partial charge in [-0.15, -0.1) is 0 Å². The summed E-state index contributed by atoms with van der Waals surface area (Å²) in [5.74, 6) is -7.38. The Kier molecular flexibility index (Phi) is 3.28. The van der Waals surface area contributed by atoms with E-state index in [1.807, 2.05) is 0 Å². The van der Waals surface area contributed by atoms with Crippen LogP contribution in [0.1, 0.15) is 42.2 Å². The summed E-state index contributed by atoms with van der Waals surface area (Å²) < 4.78 is 9.95. The molecule has 0 saturated heterocycles. The van der Waals surface area contributed by atoms with Gasteiger partial charge < -0.3 is 24.8 Å². The van der Waals surface area contributed by atoms with Crippen molar-refractivity contribution in [1.82, 2.24) is 0 Å². The molecule has 4 rings (SSSR count). The van der Waals surface area contributed by atoms with Gasteiger partial charge in [0, 0.05) is 5.56 Å². The lowest BCUT2D eigenvalue weighted by molar-refractivity contribution is -0.230. The number of hydrogen-bond acceptors (Lipinski definition) is 8. The number of rotatable bonds is 1. The van der Waals surface area contributed by atoms with Crippen LogP contribution in [0.2, 0.25) is 0 Å². The minimum atomic E-state index is -3.25. The van der Waals surface area contributed by atoms with Gasteiger partial charge >= 0.3 is 11.8 Å². The fourth-order valence-electron chi connectivity index (χ4n) is 3.71. The molecule has 138 valence electrons. The number of methoxy groups -OCH3 is 1. The molecule has 8 heteroatoms. The van der Waals surface area contributed by atoms with Crippen LogP contribution in [0, 0.1) is 6.92 Å². The monoisotopic (exact) mass is 370 g/mol. The molecule has 3 N–H and O–H groups in total. The zero-order valence-corrected chi connectivity index (χ0v) is 14.3. The van der Waals surface area contributed by atoms with Gasteiger partial charge in [0.25, 0.3) is 0 Å². The molecule has 0 amide bonds. The highest BCUT2D eigenvalue weighted by Gasteiger charge is 2.71. The van der Waals surface area contributed by atoms with Gasteiger partial charge in [-0.1, -0.05) is 12.1 Å². The predicted octanol–water partition coefficient (Wildman–Crippen LogP) is 0.835. The number of aliphatic hydroxyl groups is 2. The van der Waals surface area contributed by atoms with Gasteiger partial charge in [-0.05, 0) is 30.7 Å². The Morgan fingerprint density at radius 2 is 1.74 bits per heavy atom. The number of fused-ring (bicyclic) bond motifs is 4. The summed E-state index contributed by atoms with van der Waals surface area (Å²) in [4.78, 5) is 38.6. The van der Waals surface area contributed by atoms with Crippen molar-refractivity contribution in [1.29, 1.82) is 0 Å². The van der Waals surface area contributed by atoms with Crippen molar-refractivity contribution in [2.45, 2.75) is 18.3 Å². The first-order valence-corrected chi connectivity index (χ1v) is 7.95. The van der Waals surface area contributed by atoms with E-state index in [-0.39, 0.29) is 22.4 Å². The lowest BCUT2D eigenvalue weighted by Crippen LogP contribution is -2.68. The lowest BCUT2D eigenvalue weighted by Gasteiger charge is -2.46. The van der Waals surface area contributed by atoms with Crippen LogP contribution in [0.3, 0.4) is 0 Å². The number of Topliss-reactive ketones (excluding diaryl/α,β-unsaturated/α-hetero) is 2. The second kappa shape index (κ2) is 5.15. The Balaban J connectivity index is 2.13. The van der Waals surface area contributed by atoms with Crippen molar-refractivity contribution in [3.05, 3.63) is 58.1 Å². The number of ether oxygens (including phenoxy) is 2. The summed E-state index contributed by atoms with van der Waals surface area (Å²) in [7, 11) is 1.26. The molecule has 0 radical (unpaired) electrons. The number of esters is 1. The third-order valence-electron chi connectivity index (χ3n) is 4.93. The van der Waals surface area contributed by atoms with Crippen LogP contribution in [0.25, 0.3) is 0 Å². The van der Waals surface area contributed by atoms with E-state index in [2.05, 4.69) is 0 Å². The third kappa shape index (κ3) is 1.85. The molecule has 27 heavy (non-hydrogen) atoms. The molecule has 1 aliphatic carbocycles. The predicted molar refractivity (Wildman–Crippen MR) is 88.8 cm³/mol. The molecule has 0 saturated carbocycles. The summed E-state index contributed by atoms with van der Waals surface area (Å²) in [6.07, 6.45) is 0. The van der Waals surface area contributed by atoms with Gasteiger partial charge in [-0.3, -0.25) is 9.59 Å². The summed E-state index contributed by atoms with van der Waals surface area (Å²) >= 11 is 0. The largest absolute Gasteiger partial charge is 0.508 e. The third-order valence-corrected chi connectivity index (χ3v) is 4.93. The Morgan fingerprint density at radius 3 is 2.41 bits per heavy atom. The van der Waals surface area contributed by atoms with E-state index >= 15 is 0 Å². The molecule has 2 aromatic carbocycles. The average Bonchev–Trinajstić information content (AvgIpc) is 2.62. The van der Waals surface area contributed by atoms with Crippen molar-refractivity contribution in [3.63, 3.8) is 0 Å². The number of phenols is 1. The molecule has 8 nitrogen and oxygen atoms in total. The minimum absolute atomic E-state index is 0.0312. The van der Waals surface area contributed by atoms with Gasteiger partial charge in [0.05, 0.1) is 23.8 Å². The zero-order chi connectivity index (χ0) is 19.7. The summed E-state index contributed by atoms with van der Waals surface area (Å²) in [5.41, 5.74) is -3.99. The molecule has 0 bridgehead atoms. The van der Waals surface area contributed by atoms with Crippen LogP contribution in [0.15, 0.2) is 30.3 Å². The SMILES string of the molecule is COc1cccc2c1C(=O)[C@]1(O)OC(=O)c3cc(C)cc(O)c3[C@@]1(O)C2=O. The van der Waals surface area contributed by atoms with Crippen molar-refractivity contribution in [3.8, 4) is 11.5 Å². The zero-order valence-electron chi connectivity index (χ0n) is 14.3. The average molecular weight is 370 g/mol. The molecule has 2 aromatic rings. The number of hydrogen-bond donors (Lipinski definition) is 3. The van der Waals surface area contributed by atoms with E-state index in [4.69, 9.17) is 9.47 Å². The maximum absolute atomic E-state index is 13.2. The quantitative estimate of drug-likeness (QED) is 0.630. The van der Waals surface area contributed by atoms with E-state index in [0.717, 1.165) is 0 Å². The van der Waals surface area contributed by atoms with E-state index in [1.54, 1.807) is 6.92 Å². The number of phenolic OH excluding ortho intramolecular Hbond substituents is 1.